The molecule has 0 aliphatic rings. The fourth-order valence-electron chi connectivity index (χ4n) is 3.58. The van der Waals surface area contributed by atoms with Crippen molar-refractivity contribution in [1.29, 1.82) is 0 Å². The van der Waals surface area contributed by atoms with Gasteiger partial charge in [-0.15, -0.1) is 11.3 Å². The first-order valence-electron chi connectivity index (χ1n) is 7.99. The van der Waals surface area contributed by atoms with Crippen molar-refractivity contribution >= 4 is 53.2 Å². The van der Waals surface area contributed by atoms with Crippen LogP contribution in [0.4, 0.5) is 0 Å². The summed E-state index contributed by atoms with van der Waals surface area (Å²) in [4.78, 5) is 4.88. The third-order valence-corrected chi connectivity index (χ3v) is 5.94. The molecule has 0 bridgehead atoms. The minimum absolute atomic E-state index is 0.108. The first-order chi connectivity index (χ1) is 11.0. The topological polar surface area (TPSA) is 12.9 Å². The Morgan fingerprint density at radius 2 is 1.48 bits per heavy atom. The molecular weight excluding hydrogens is 298 g/mol. The number of aromatic nitrogens is 1. The number of hydrogen-bond donors (Lipinski definition) is 0. The van der Waals surface area contributed by atoms with Gasteiger partial charge in [0.2, 0.25) is 0 Å². The summed E-state index contributed by atoms with van der Waals surface area (Å²) in [6.07, 6.45) is 2.05. The van der Waals surface area contributed by atoms with Crippen molar-refractivity contribution < 1.29 is 0 Å². The Balaban J connectivity index is 2.11. The molecule has 0 aliphatic carbocycles. The van der Waals surface area contributed by atoms with E-state index < -0.39 is 0 Å². The summed E-state index contributed by atoms with van der Waals surface area (Å²) >= 11 is 1.88. The van der Waals surface area contributed by atoms with Crippen LogP contribution in [0.25, 0.3) is 41.8 Å². The van der Waals surface area contributed by atoms with E-state index in [1.54, 1.807) is 0 Å². The quantitative estimate of drug-likeness (QED) is 0.298. The van der Waals surface area contributed by atoms with E-state index in [-0.39, 0.29) is 5.41 Å². The molecule has 0 amide bonds. The number of nitrogens with zero attached hydrogens (tertiary/aromatic N) is 1. The lowest BCUT2D eigenvalue weighted by Gasteiger charge is -2.19. The van der Waals surface area contributed by atoms with Crippen LogP contribution in [0.5, 0.6) is 0 Å². The van der Waals surface area contributed by atoms with E-state index in [9.17, 15) is 0 Å². The summed E-state index contributed by atoms with van der Waals surface area (Å²) in [5.74, 6) is 0. The highest BCUT2D eigenvalue weighted by Gasteiger charge is 2.19. The molecule has 0 unspecified atom stereocenters. The number of thiophene rings is 1. The minimum atomic E-state index is 0.108. The first kappa shape index (κ1) is 13.3. The van der Waals surface area contributed by atoms with E-state index >= 15 is 0 Å². The minimum Gasteiger partial charge on any atom is -0.255 e. The second kappa shape index (κ2) is 4.21. The van der Waals surface area contributed by atoms with Crippen LogP contribution in [0, 0.1) is 0 Å². The van der Waals surface area contributed by atoms with Crippen molar-refractivity contribution in [3.05, 3.63) is 54.2 Å². The maximum absolute atomic E-state index is 4.88. The van der Waals surface area contributed by atoms with Gasteiger partial charge in [-0.1, -0.05) is 45.0 Å². The molecule has 0 atom stereocenters. The molecule has 0 radical (unpaired) electrons. The Morgan fingerprint density at radius 3 is 2.17 bits per heavy atom. The highest BCUT2D eigenvalue weighted by molar-refractivity contribution is 7.26. The van der Waals surface area contributed by atoms with Crippen LogP contribution < -0.4 is 0 Å². The lowest BCUT2D eigenvalue weighted by molar-refractivity contribution is 0.589. The van der Waals surface area contributed by atoms with Crippen molar-refractivity contribution in [2.75, 3.05) is 0 Å². The maximum Gasteiger partial charge on any atom is 0.0787 e. The SMILES string of the molecule is CC(C)(C)c1cnc2c(c1)c1cccc3sc4cccc2c4c31. The third-order valence-electron chi connectivity index (χ3n) is 4.82. The standard InChI is InChI=1S/C21H17NS/c1-21(2,3)12-10-15-13-6-4-8-16-18(13)19-14(20(15)22-11-12)7-5-9-17(19)23-16/h4-11H,1-3H3. The van der Waals surface area contributed by atoms with Gasteiger partial charge in [0, 0.05) is 37.1 Å². The molecule has 0 saturated heterocycles. The second-order valence-electron chi connectivity index (χ2n) is 7.33. The van der Waals surface area contributed by atoms with Crippen molar-refractivity contribution in [1.82, 2.24) is 4.98 Å². The molecule has 5 rings (SSSR count). The van der Waals surface area contributed by atoms with Crippen LogP contribution in [0.15, 0.2) is 48.7 Å². The molecule has 1 nitrogen and oxygen atoms in total. The van der Waals surface area contributed by atoms with E-state index in [0.717, 1.165) is 5.52 Å². The summed E-state index contributed by atoms with van der Waals surface area (Å²) in [6.45, 7) is 6.74. The molecule has 0 fully saturated rings. The lowest BCUT2D eigenvalue weighted by Crippen LogP contribution is -2.11. The highest BCUT2D eigenvalue weighted by atomic mass is 32.1. The Hall–Kier alpha value is -2.19. The molecule has 23 heavy (non-hydrogen) atoms. The van der Waals surface area contributed by atoms with Crippen molar-refractivity contribution in [2.45, 2.75) is 26.2 Å². The zero-order valence-electron chi connectivity index (χ0n) is 13.5. The van der Waals surface area contributed by atoms with Gasteiger partial charge in [-0.3, -0.25) is 4.98 Å². The number of hydrogen-bond acceptors (Lipinski definition) is 2. The molecule has 0 saturated carbocycles. The van der Waals surface area contributed by atoms with Crippen molar-refractivity contribution in [2.24, 2.45) is 0 Å². The molecule has 0 aliphatic heterocycles. The summed E-state index contributed by atoms with van der Waals surface area (Å²) < 4.78 is 2.73. The number of benzene rings is 3. The largest absolute Gasteiger partial charge is 0.255 e. The number of rotatable bonds is 0. The van der Waals surface area contributed by atoms with Gasteiger partial charge < -0.3 is 0 Å². The summed E-state index contributed by atoms with van der Waals surface area (Å²) in [7, 11) is 0. The van der Waals surface area contributed by atoms with Crippen molar-refractivity contribution in [3.63, 3.8) is 0 Å². The van der Waals surface area contributed by atoms with Gasteiger partial charge >= 0.3 is 0 Å². The van der Waals surface area contributed by atoms with E-state index in [1.807, 2.05) is 11.3 Å². The molecule has 0 N–H and O–H groups in total. The van der Waals surface area contributed by atoms with Crippen LogP contribution in [0.3, 0.4) is 0 Å². The molecule has 2 heteroatoms. The van der Waals surface area contributed by atoms with Gasteiger partial charge in [-0.05, 0) is 34.6 Å². The van der Waals surface area contributed by atoms with Crippen LogP contribution >= 0.6 is 11.3 Å². The lowest BCUT2D eigenvalue weighted by atomic mass is 9.86. The van der Waals surface area contributed by atoms with E-state index in [2.05, 4.69) is 69.4 Å². The maximum atomic E-state index is 4.88. The summed E-state index contributed by atoms with van der Waals surface area (Å²) in [6, 6.07) is 15.6. The molecule has 0 spiro atoms. The summed E-state index contributed by atoms with van der Waals surface area (Å²) in [5, 5.41) is 6.68. The molecule has 2 heterocycles. The van der Waals surface area contributed by atoms with Crippen LogP contribution in [0.1, 0.15) is 26.3 Å². The van der Waals surface area contributed by atoms with Crippen LogP contribution in [-0.2, 0) is 5.41 Å². The Kier molecular flexibility index (Phi) is 2.43. The Morgan fingerprint density at radius 1 is 0.826 bits per heavy atom. The fraction of sp³-hybridized carbons (Fsp3) is 0.190. The van der Waals surface area contributed by atoms with Gasteiger partial charge in [0.1, 0.15) is 0 Å². The van der Waals surface area contributed by atoms with Crippen LogP contribution in [0.2, 0.25) is 0 Å². The number of fused-ring (bicyclic) bond motifs is 3. The molecule has 112 valence electrons. The van der Waals surface area contributed by atoms with E-state index in [4.69, 9.17) is 4.98 Å². The molecule has 3 aromatic carbocycles. The van der Waals surface area contributed by atoms with E-state index in [1.165, 1.54) is 41.9 Å². The molecule has 2 aromatic heterocycles. The number of pyridine rings is 1. The van der Waals surface area contributed by atoms with Gasteiger partial charge in [0.05, 0.1) is 5.52 Å². The monoisotopic (exact) mass is 315 g/mol. The average molecular weight is 315 g/mol. The Labute approximate surface area is 138 Å². The highest BCUT2D eigenvalue weighted by Crippen LogP contribution is 2.44. The first-order valence-corrected chi connectivity index (χ1v) is 8.81. The predicted molar refractivity (Wildman–Crippen MR) is 102 cm³/mol. The van der Waals surface area contributed by atoms with Gasteiger partial charge in [0.25, 0.3) is 0 Å². The zero-order chi connectivity index (χ0) is 15.8. The third kappa shape index (κ3) is 1.70. The van der Waals surface area contributed by atoms with Gasteiger partial charge in [-0.25, -0.2) is 0 Å². The van der Waals surface area contributed by atoms with Gasteiger partial charge in [-0.2, -0.15) is 0 Å². The fourth-order valence-corrected chi connectivity index (χ4v) is 4.74. The Bertz CT molecular complexity index is 1190. The molecular formula is C21H17NS. The van der Waals surface area contributed by atoms with Crippen molar-refractivity contribution in [3.8, 4) is 0 Å². The smallest absolute Gasteiger partial charge is 0.0787 e. The normalized spacial score (nSPS) is 13.0. The molecule has 5 aromatic rings. The van der Waals surface area contributed by atoms with E-state index in [0.29, 0.717) is 0 Å². The average Bonchev–Trinajstić information content (AvgIpc) is 2.92. The second-order valence-corrected chi connectivity index (χ2v) is 8.41. The zero-order valence-corrected chi connectivity index (χ0v) is 14.3. The summed E-state index contributed by atoms with van der Waals surface area (Å²) in [5.41, 5.74) is 2.53. The predicted octanol–water partition coefficient (Wildman–Crippen LogP) is 6.49. The van der Waals surface area contributed by atoms with Gasteiger partial charge in [0.15, 0.2) is 0 Å². The van der Waals surface area contributed by atoms with Crippen LogP contribution in [-0.4, -0.2) is 4.98 Å².